The number of rotatable bonds is 6. The van der Waals surface area contributed by atoms with E-state index in [1.54, 1.807) is 0 Å². The second-order valence-corrected chi connectivity index (χ2v) is 7.64. The van der Waals surface area contributed by atoms with E-state index in [4.69, 9.17) is 0 Å². The van der Waals surface area contributed by atoms with Crippen molar-refractivity contribution in [2.24, 2.45) is 11.8 Å². The van der Waals surface area contributed by atoms with Gasteiger partial charge in [0.1, 0.15) is 0 Å². The lowest BCUT2D eigenvalue weighted by molar-refractivity contribution is 0.252. The molecule has 0 bridgehead atoms. The molecule has 2 atom stereocenters. The monoisotopic (exact) mass is 287 g/mol. The van der Waals surface area contributed by atoms with Gasteiger partial charge in [0.15, 0.2) is 0 Å². The van der Waals surface area contributed by atoms with Gasteiger partial charge in [0.05, 0.1) is 0 Å². The first-order chi connectivity index (χ1) is 10.0. The Kier molecular flexibility index (Phi) is 6.29. The molecule has 0 amide bonds. The van der Waals surface area contributed by atoms with Crippen LogP contribution in [0.25, 0.3) is 0 Å². The molecule has 0 spiro atoms. The van der Waals surface area contributed by atoms with Crippen LogP contribution in [0, 0.1) is 11.8 Å². The molecule has 1 aromatic rings. The first-order valence-electron chi connectivity index (χ1n) is 8.86. The first-order valence-corrected chi connectivity index (χ1v) is 8.86. The van der Waals surface area contributed by atoms with Crippen LogP contribution in [0.5, 0.6) is 0 Å². The minimum atomic E-state index is 0.627. The molecule has 21 heavy (non-hydrogen) atoms. The molecule has 0 heterocycles. The average molecular weight is 287 g/mol. The Morgan fingerprint density at radius 2 is 1.76 bits per heavy atom. The molecule has 0 aliphatic heterocycles. The van der Waals surface area contributed by atoms with Crippen molar-refractivity contribution in [3.05, 3.63) is 35.4 Å². The zero-order chi connectivity index (χ0) is 15.2. The average Bonchev–Trinajstić information content (AvgIpc) is 2.45. The zero-order valence-corrected chi connectivity index (χ0v) is 14.4. The van der Waals surface area contributed by atoms with Crippen molar-refractivity contribution >= 4 is 0 Å². The predicted molar refractivity (Wildman–Crippen MR) is 92.6 cm³/mol. The molecule has 2 unspecified atom stereocenters. The third-order valence-corrected chi connectivity index (χ3v) is 4.83. The van der Waals surface area contributed by atoms with E-state index < -0.39 is 0 Å². The molecule has 118 valence electrons. The molecule has 1 nitrogen and oxygen atoms in total. The number of hydrogen-bond donors (Lipinski definition) is 1. The van der Waals surface area contributed by atoms with Crippen LogP contribution in [-0.4, -0.2) is 6.04 Å². The van der Waals surface area contributed by atoms with E-state index in [0.29, 0.717) is 5.92 Å². The summed E-state index contributed by atoms with van der Waals surface area (Å²) in [6.45, 7) is 10.2. The van der Waals surface area contributed by atoms with Gasteiger partial charge in [0.25, 0.3) is 0 Å². The van der Waals surface area contributed by atoms with Crippen molar-refractivity contribution < 1.29 is 0 Å². The SMILES string of the molecule is CC(C)CC1CCCC(NCc2ccc(C(C)C)cc2)C1. The van der Waals surface area contributed by atoms with Crippen LogP contribution in [0.3, 0.4) is 0 Å². The molecule has 1 N–H and O–H groups in total. The predicted octanol–water partition coefficient (Wildman–Crippen LogP) is 5.50. The second kappa shape index (κ2) is 7.98. The maximum atomic E-state index is 3.79. The van der Waals surface area contributed by atoms with Crippen molar-refractivity contribution in [3.63, 3.8) is 0 Å². The summed E-state index contributed by atoms with van der Waals surface area (Å²) in [5.41, 5.74) is 2.86. The minimum Gasteiger partial charge on any atom is -0.310 e. The van der Waals surface area contributed by atoms with Crippen LogP contribution in [0.1, 0.15) is 76.8 Å². The van der Waals surface area contributed by atoms with Gasteiger partial charge < -0.3 is 5.32 Å². The molecular weight excluding hydrogens is 254 g/mol. The van der Waals surface area contributed by atoms with Crippen molar-refractivity contribution in [3.8, 4) is 0 Å². The lowest BCUT2D eigenvalue weighted by atomic mass is 9.81. The Morgan fingerprint density at radius 1 is 1.05 bits per heavy atom. The van der Waals surface area contributed by atoms with E-state index in [0.717, 1.165) is 24.4 Å². The molecule has 1 aliphatic carbocycles. The molecule has 1 saturated carbocycles. The fraction of sp³-hybridized carbons (Fsp3) is 0.700. The summed E-state index contributed by atoms with van der Waals surface area (Å²) >= 11 is 0. The highest BCUT2D eigenvalue weighted by molar-refractivity contribution is 5.24. The van der Waals surface area contributed by atoms with Gasteiger partial charge in [-0.3, -0.25) is 0 Å². The maximum absolute atomic E-state index is 3.79. The third kappa shape index (κ3) is 5.47. The Balaban J connectivity index is 1.79. The van der Waals surface area contributed by atoms with Crippen molar-refractivity contribution in [2.45, 2.75) is 78.3 Å². The van der Waals surface area contributed by atoms with Crippen LogP contribution in [0.2, 0.25) is 0 Å². The normalized spacial score (nSPS) is 23.0. The lowest BCUT2D eigenvalue weighted by Crippen LogP contribution is -2.34. The van der Waals surface area contributed by atoms with Gasteiger partial charge >= 0.3 is 0 Å². The summed E-state index contributed by atoms with van der Waals surface area (Å²) in [7, 11) is 0. The van der Waals surface area contributed by atoms with Gasteiger partial charge in [0, 0.05) is 12.6 Å². The van der Waals surface area contributed by atoms with E-state index in [1.165, 1.54) is 43.2 Å². The molecule has 1 heteroatoms. The first kappa shape index (κ1) is 16.5. The van der Waals surface area contributed by atoms with Crippen LogP contribution in [0.15, 0.2) is 24.3 Å². The van der Waals surface area contributed by atoms with E-state index >= 15 is 0 Å². The van der Waals surface area contributed by atoms with Crippen molar-refractivity contribution in [1.29, 1.82) is 0 Å². The minimum absolute atomic E-state index is 0.627. The van der Waals surface area contributed by atoms with Gasteiger partial charge in [-0.1, -0.05) is 64.8 Å². The molecule has 0 saturated heterocycles. The van der Waals surface area contributed by atoms with Crippen molar-refractivity contribution in [2.75, 3.05) is 0 Å². The van der Waals surface area contributed by atoms with Gasteiger partial charge in [-0.2, -0.15) is 0 Å². The quantitative estimate of drug-likeness (QED) is 0.728. The molecule has 2 rings (SSSR count). The Bertz CT molecular complexity index is 404. The topological polar surface area (TPSA) is 12.0 Å². The Hall–Kier alpha value is -0.820. The van der Waals surface area contributed by atoms with Gasteiger partial charge in [-0.05, 0) is 48.1 Å². The highest BCUT2D eigenvalue weighted by Gasteiger charge is 2.22. The van der Waals surface area contributed by atoms with Gasteiger partial charge in [-0.15, -0.1) is 0 Å². The van der Waals surface area contributed by atoms with Gasteiger partial charge in [-0.25, -0.2) is 0 Å². The van der Waals surface area contributed by atoms with Crippen LogP contribution in [-0.2, 0) is 6.54 Å². The van der Waals surface area contributed by atoms with E-state index in [2.05, 4.69) is 57.3 Å². The highest BCUT2D eigenvalue weighted by atomic mass is 14.9. The standard InChI is InChI=1S/C20H33N/c1-15(2)12-18-6-5-7-20(13-18)21-14-17-8-10-19(11-9-17)16(3)4/h8-11,15-16,18,20-21H,5-7,12-14H2,1-4H3. The smallest absolute Gasteiger partial charge is 0.0208 e. The fourth-order valence-corrected chi connectivity index (χ4v) is 3.64. The third-order valence-electron chi connectivity index (χ3n) is 4.83. The number of hydrogen-bond acceptors (Lipinski definition) is 1. The summed E-state index contributed by atoms with van der Waals surface area (Å²) in [5.74, 6) is 2.42. The molecule has 0 aromatic heterocycles. The maximum Gasteiger partial charge on any atom is 0.0208 e. The van der Waals surface area contributed by atoms with Crippen LogP contribution in [0.4, 0.5) is 0 Å². The largest absolute Gasteiger partial charge is 0.310 e. The van der Waals surface area contributed by atoms with Crippen molar-refractivity contribution in [1.82, 2.24) is 5.32 Å². The van der Waals surface area contributed by atoms with E-state index in [9.17, 15) is 0 Å². The van der Waals surface area contributed by atoms with Crippen LogP contribution < -0.4 is 5.32 Å². The number of nitrogens with one attached hydrogen (secondary N) is 1. The molecule has 1 fully saturated rings. The van der Waals surface area contributed by atoms with E-state index in [-0.39, 0.29) is 0 Å². The summed E-state index contributed by atoms with van der Waals surface area (Å²) in [5, 5.41) is 3.79. The van der Waals surface area contributed by atoms with E-state index in [1.807, 2.05) is 0 Å². The zero-order valence-electron chi connectivity index (χ0n) is 14.4. The molecule has 1 aromatic carbocycles. The fourth-order valence-electron chi connectivity index (χ4n) is 3.64. The summed E-state index contributed by atoms with van der Waals surface area (Å²) in [4.78, 5) is 0. The highest BCUT2D eigenvalue weighted by Crippen LogP contribution is 2.29. The summed E-state index contributed by atoms with van der Waals surface area (Å²) < 4.78 is 0. The van der Waals surface area contributed by atoms with Gasteiger partial charge in [0.2, 0.25) is 0 Å². The number of benzene rings is 1. The summed E-state index contributed by atoms with van der Waals surface area (Å²) in [6, 6.07) is 9.87. The molecular formula is C20H33N. The second-order valence-electron chi connectivity index (χ2n) is 7.64. The summed E-state index contributed by atoms with van der Waals surface area (Å²) in [6.07, 6.45) is 6.99. The Morgan fingerprint density at radius 3 is 2.38 bits per heavy atom. The lowest BCUT2D eigenvalue weighted by Gasteiger charge is -2.31. The Labute approximate surface area is 131 Å². The molecule has 1 aliphatic rings. The molecule has 0 radical (unpaired) electrons. The van der Waals surface area contributed by atoms with Crippen LogP contribution >= 0.6 is 0 Å².